The second-order valence-electron chi connectivity index (χ2n) is 17.8. The fraction of sp³-hybridized carbons (Fsp3) is 0.772. The second-order valence-corrected chi connectivity index (χ2v) is 17.8. The fourth-order valence-corrected chi connectivity index (χ4v) is 7.53. The molecule has 1 unspecified atom stereocenters. The lowest BCUT2D eigenvalue weighted by Crippen LogP contribution is -2.30. The molecule has 0 N–H and O–H groups in total. The van der Waals surface area contributed by atoms with E-state index in [1.165, 1.54) is 135 Å². The third-order valence-corrected chi connectivity index (χ3v) is 11.5. The lowest BCUT2D eigenvalue weighted by Gasteiger charge is -2.18. The van der Waals surface area contributed by atoms with Crippen LogP contribution in [0, 0.1) is 0 Å². The van der Waals surface area contributed by atoms with Crippen LogP contribution in [0.1, 0.15) is 265 Å². The summed E-state index contributed by atoms with van der Waals surface area (Å²) in [5, 5.41) is 0. The Morgan fingerprint density at radius 1 is 0.333 bits per heavy atom. The molecule has 0 aromatic heterocycles. The average Bonchev–Trinajstić information content (AvgIpc) is 3.28. The zero-order valence-electron chi connectivity index (χ0n) is 41.6. The average molecular weight is 881 g/mol. The summed E-state index contributed by atoms with van der Waals surface area (Å²) in [6.45, 7) is 6.46. The van der Waals surface area contributed by atoms with Gasteiger partial charge in [-0.2, -0.15) is 0 Å². The molecule has 0 aromatic rings. The van der Waals surface area contributed by atoms with E-state index < -0.39 is 6.10 Å². The zero-order valence-corrected chi connectivity index (χ0v) is 41.6. The van der Waals surface area contributed by atoms with Gasteiger partial charge in [-0.3, -0.25) is 14.4 Å². The molecule has 0 aliphatic heterocycles. The first-order valence-electron chi connectivity index (χ1n) is 26.8. The van der Waals surface area contributed by atoms with Crippen LogP contribution in [-0.4, -0.2) is 37.2 Å². The lowest BCUT2D eigenvalue weighted by molar-refractivity contribution is -0.167. The first-order valence-corrected chi connectivity index (χ1v) is 26.8. The summed E-state index contributed by atoms with van der Waals surface area (Å²) in [4.78, 5) is 37.6. The molecule has 0 aliphatic rings. The van der Waals surface area contributed by atoms with E-state index >= 15 is 0 Å². The molecule has 0 heterocycles. The number of esters is 3. The molecule has 0 saturated carbocycles. The maximum atomic E-state index is 12.7. The highest BCUT2D eigenvalue weighted by atomic mass is 16.6. The summed E-state index contributed by atoms with van der Waals surface area (Å²) in [5.41, 5.74) is 0. The summed E-state index contributed by atoms with van der Waals surface area (Å²) < 4.78 is 16.7. The lowest BCUT2D eigenvalue weighted by atomic mass is 10.0. The summed E-state index contributed by atoms with van der Waals surface area (Å²) in [6, 6.07) is 0. The predicted molar refractivity (Wildman–Crippen MR) is 270 cm³/mol. The van der Waals surface area contributed by atoms with E-state index in [1.807, 2.05) is 0 Å². The Bertz CT molecular complexity index is 1150. The highest BCUT2D eigenvalue weighted by molar-refractivity contribution is 5.71. The van der Waals surface area contributed by atoms with E-state index in [-0.39, 0.29) is 31.1 Å². The predicted octanol–water partition coefficient (Wildman–Crippen LogP) is 17.6. The Hall–Kier alpha value is -2.89. The van der Waals surface area contributed by atoms with Crippen molar-refractivity contribution in [1.82, 2.24) is 0 Å². The maximum Gasteiger partial charge on any atom is 0.306 e. The Labute approximate surface area is 390 Å². The van der Waals surface area contributed by atoms with E-state index in [9.17, 15) is 14.4 Å². The third-order valence-electron chi connectivity index (χ3n) is 11.5. The number of allylic oxidation sites excluding steroid dienone is 10. The Balaban J connectivity index is 3.99. The molecule has 6 heteroatoms. The van der Waals surface area contributed by atoms with Gasteiger partial charge in [-0.1, -0.05) is 242 Å². The molecule has 0 aromatic carbocycles. The second kappa shape index (κ2) is 51.7. The van der Waals surface area contributed by atoms with Crippen molar-refractivity contribution in [2.45, 2.75) is 271 Å². The zero-order chi connectivity index (χ0) is 45.8. The molecule has 0 amide bonds. The van der Waals surface area contributed by atoms with Gasteiger partial charge in [0, 0.05) is 19.3 Å². The van der Waals surface area contributed by atoms with Gasteiger partial charge in [0.25, 0.3) is 0 Å². The van der Waals surface area contributed by atoms with E-state index in [0.717, 1.165) is 89.9 Å². The van der Waals surface area contributed by atoms with Gasteiger partial charge in [0.05, 0.1) is 0 Å². The van der Waals surface area contributed by atoms with Crippen LogP contribution in [0.5, 0.6) is 0 Å². The standard InChI is InChI=1S/C57H100O6/c1-4-7-10-13-16-18-20-21-22-23-24-25-26-27-28-29-30-31-32-33-34-35-36-37-38-40-41-44-47-50-56(59)62-53-54(52-61-55(58)49-46-43-15-12-9-6-3)63-57(60)51-48-45-42-39-19-17-14-11-8-5-2/h7,10,16,18,21-22,24-25,27-28,54H,4-6,8-9,11-15,17,19-20,23,26,29-53H2,1-3H3/b10-7-,18-16-,22-21-,25-24-,28-27-. The monoisotopic (exact) mass is 881 g/mol. The van der Waals surface area contributed by atoms with Gasteiger partial charge < -0.3 is 14.2 Å². The van der Waals surface area contributed by atoms with Crippen molar-refractivity contribution in [3.8, 4) is 0 Å². The van der Waals surface area contributed by atoms with Crippen LogP contribution in [0.15, 0.2) is 60.8 Å². The molecule has 6 nitrogen and oxygen atoms in total. The third kappa shape index (κ3) is 50.0. The summed E-state index contributed by atoms with van der Waals surface area (Å²) in [7, 11) is 0. The highest BCUT2D eigenvalue weighted by Gasteiger charge is 2.19. The molecule has 0 spiro atoms. The first kappa shape index (κ1) is 60.1. The number of carbonyl (C=O) groups is 3. The normalized spacial score (nSPS) is 12.5. The van der Waals surface area contributed by atoms with Gasteiger partial charge in [0.1, 0.15) is 13.2 Å². The topological polar surface area (TPSA) is 78.9 Å². The molecule has 63 heavy (non-hydrogen) atoms. The minimum atomic E-state index is -0.765. The van der Waals surface area contributed by atoms with Gasteiger partial charge in [-0.15, -0.1) is 0 Å². The molecular formula is C57H100O6. The Kier molecular flexibility index (Phi) is 49.4. The van der Waals surface area contributed by atoms with E-state index in [4.69, 9.17) is 14.2 Å². The van der Waals surface area contributed by atoms with Crippen molar-refractivity contribution >= 4 is 17.9 Å². The van der Waals surface area contributed by atoms with Crippen LogP contribution >= 0.6 is 0 Å². The maximum absolute atomic E-state index is 12.7. The number of ether oxygens (including phenoxy) is 3. The minimum Gasteiger partial charge on any atom is -0.462 e. The number of unbranched alkanes of at least 4 members (excludes halogenated alkanes) is 27. The fourth-order valence-electron chi connectivity index (χ4n) is 7.53. The van der Waals surface area contributed by atoms with Gasteiger partial charge in [-0.25, -0.2) is 0 Å². The molecule has 0 saturated heterocycles. The SMILES string of the molecule is CC/C=C\C/C=C\C/C=C\C/C=C\C/C=C\CCCCCCCCCCCCCCCC(=O)OCC(COC(=O)CCCCCCCC)OC(=O)CCCCCCCCCCCC. The summed E-state index contributed by atoms with van der Waals surface area (Å²) in [6.07, 6.45) is 63.9. The quantitative estimate of drug-likeness (QED) is 0.0262. The van der Waals surface area contributed by atoms with Crippen molar-refractivity contribution in [2.75, 3.05) is 13.2 Å². The van der Waals surface area contributed by atoms with Crippen LogP contribution < -0.4 is 0 Å². The molecule has 1 atom stereocenters. The van der Waals surface area contributed by atoms with Gasteiger partial charge >= 0.3 is 17.9 Å². The molecule has 0 aliphatic carbocycles. The van der Waals surface area contributed by atoms with Crippen molar-refractivity contribution in [2.24, 2.45) is 0 Å². The van der Waals surface area contributed by atoms with E-state index in [1.54, 1.807) is 0 Å². The Morgan fingerprint density at radius 2 is 0.619 bits per heavy atom. The number of hydrogen-bond acceptors (Lipinski definition) is 6. The van der Waals surface area contributed by atoms with Gasteiger partial charge in [0.15, 0.2) is 6.10 Å². The highest BCUT2D eigenvalue weighted by Crippen LogP contribution is 2.16. The Morgan fingerprint density at radius 3 is 0.968 bits per heavy atom. The molecule has 0 radical (unpaired) electrons. The van der Waals surface area contributed by atoms with Gasteiger partial charge in [0.2, 0.25) is 0 Å². The largest absolute Gasteiger partial charge is 0.462 e. The van der Waals surface area contributed by atoms with E-state index in [2.05, 4.69) is 81.5 Å². The number of carbonyl (C=O) groups excluding carboxylic acids is 3. The van der Waals surface area contributed by atoms with Crippen LogP contribution in [0.3, 0.4) is 0 Å². The molecular weight excluding hydrogens is 781 g/mol. The summed E-state index contributed by atoms with van der Waals surface area (Å²) >= 11 is 0. The molecule has 0 rings (SSSR count). The van der Waals surface area contributed by atoms with Gasteiger partial charge in [-0.05, 0) is 64.2 Å². The van der Waals surface area contributed by atoms with Crippen LogP contribution in [-0.2, 0) is 28.6 Å². The van der Waals surface area contributed by atoms with Crippen molar-refractivity contribution < 1.29 is 28.6 Å². The molecule has 0 fully saturated rings. The minimum absolute atomic E-state index is 0.0713. The van der Waals surface area contributed by atoms with Crippen molar-refractivity contribution in [3.05, 3.63) is 60.8 Å². The number of rotatable bonds is 48. The number of hydrogen-bond donors (Lipinski definition) is 0. The van der Waals surface area contributed by atoms with E-state index in [0.29, 0.717) is 19.3 Å². The van der Waals surface area contributed by atoms with Crippen LogP contribution in [0.25, 0.3) is 0 Å². The van der Waals surface area contributed by atoms with Crippen molar-refractivity contribution in [3.63, 3.8) is 0 Å². The summed E-state index contributed by atoms with van der Waals surface area (Å²) in [5.74, 6) is -0.878. The first-order chi connectivity index (χ1) is 31.0. The molecule has 364 valence electrons. The van der Waals surface area contributed by atoms with Crippen LogP contribution in [0.4, 0.5) is 0 Å². The molecule has 0 bridgehead atoms. The van der Waals surface area contributed by atoms with Crippen molar-refractivity contribution in [1.29, 1.82) is 0 Å². The van der Waals surface area contributed by atoms with Crippen LogP contribution in [0.2, 0.25) is 0 Å². The smallest absolute Gasteiger partial charge is 0.306 e.